The van der Waals surface area contributed by atoms with Crippen LogP contribution in [-0.2, 0) is 10.2 Å². The van der Waals surface area contributed by atoms with Gasteiger partial charge in [-0.2, -0.15) is 0 Å². The number of ether oxygens (including phenoxy) is 1. The summed E-state index contributed by atoms with van der Waals surface area (Å²) in [5.74, 6) is 1.54. The molecular weight excluding hydrogens is 288 g/mol. The molecule has 0 saturated carbocycles. The third-order valence-electron chi connectivity index (χ3n) is 4.52. The van der Waals surface area contributed by atoms with Crippen molar-refractivity contribution in [2.45, 2.75) is 52.0 Å². The van der Waals surface area contributed by atoms with E-state index in [1.165, 1.54) is 0 Å². The molecule has 0 unspecified atom stereocenters. The number of hydrogen-bond donors (Lipinski definition) is 1. The topological polar surface area (TPSA) is 55.6 Å². The van der Waals surface area contributed by atoms with Crippen molar-refractivity contribution in [3.63, 3.8) is 0 Å². The molecule has 1 aromatic carbocycles. The second-order valence-electron chi connectivity index (χ2n) is 7.48. The number of hydrogen-bond acceptors (Lipinski definition) is 3. The molecule has 0 atom stereocenters. The molecule has 1 aliphatic heterocycles. The van der Waals surface area contributed by atoms with Crippen molar-refractivity contribution in [1.82, 2.24) is 4.90 Å². The number of carbonyl (C=O) groups is 1. The van der Waals surface area contributed by atoms with Crippen LogP contribution in [0.5, 0.6) is 5.75 Å². The van der Waals surface area contributed by atoms with E-state index in [2.05, 4.69) is 13.8 Å². The predicted molar refractivity (Wildman–Crippen MR) is 93.6 cm³/mol. The standard InChI is InChI=1S/C19H30N2O2/c1-14(2)13-23-17-7-5-15(6-8-17)19(3,4)18(22)21-11-9-16(20)10-12-21/h5-8,14,16H,9-13,20H2,1-4H3. The summed E-state index contributed by atoms with van der Waals surface area (Å²) in [6.45, 7) is 10.5. The second kappa shape index (κ2) is 7.35. The van der Waals surface area contributed by atoms with Gasteiger partial charge in [0.2, 0.25) is 5.91 Å². The summed E-state index contributed by atoms with van der Waals surface area (Å²) in [7, 11) is 0. The van der Waals surface area contributed by atoms with Gasteiger partial charge in [0, 0.05) is 19.1 Å². The Kier molecular flexibility index (Phi) is 5.69. The van der Waals surface area contributed by atoms with Gasteiger partial charge in [-0.1, -0.05) is 26.0 Å². The summed E-state index contributed by atoms with van der Waals surface area (Å²) in [6.07, 6.45) is 1.79. The normalized spacial score (nSPS) is 16.7. The van der Waals surface area contributed by atoms with Gasteiger partial charge >= 0.3 is 0 Å². The maximum atomic E-state index is 12.9. The summed E-state index contributed by atoms with van der Waals surface area (Å²) in [5, 5.41) is 0. The highest BCUT2D eigenvalue weighted by atomic mass is 16.5. The number of benzene rings is 1. The van der Waals surface area contributed by atoms with Crippen molar-refractivity contribution < 1.29 is 9.53 Å². The Labute approximate surface area is 140 Å². The molecule has 1 aromatic rings. The van der Waals surface area contributed by atoms with Gasteiger partial charge in [-0.3, -0.25) is 4.79 Å². The first-order valence-corrected chi connectivity index (χ1v) is 8.59. The number of nitrogens with two attached hydrogens (primary N) is 1. The van der Waals surface area contributed by atoms with Gasteiger partial charge < -0.3 is 15.4 Å². The molecule has 0 aromatic heterocycles. The monoisotopic (exact) mass is 318 g/mol. The number of carbonyl (C=O) groups excluding carboxylic acids is 1. The minimum Gasteiger partial charge on any atom is -0.493 e. The van der Waals surface area contributed by atoms with E-state index in [0.717, 1.165) is 37.2 Å². The average molecular weight is 318 g/mol. The van der Waals surface area contributed by atoms with E-state index in [-0.39, 0.29) is 11.9 Å². The van der Waals surface area contributed by atoms with E-state index in [4.69, 9.17) is 10.5 Å². The Morgan fingerprint density at radius 3 is 2.35 bits per heavy atom. The van der Waals surface area contributed by atoms with Crippen LogP contribution in [0.25, 0.3) is 0 Å². The lowest BCUT2D eigenvalue weighted by molar-refractivity contribution is -0.137. The number of piperidine rings is 1. The third-order valence-corrected chi connectivity index (χ3v) is 4.52. The number of nitrogens with zero attached hydrogens (tertiary/aromatic N) is 1. The summed E-state index contributed by atoms with van der Waals surface area (Å²) in [4.78, 5) is 14.8. The van der Waals surface area contributed by atoms with Gasteiger partial charge in [0.1, 0.15) is 5.75 Å². The van der Waals surface area contributed by atoms with Crippen molar-refractivity contribution in [2.24, 2.45) is 11.7 Å². The van der Waals surface area contributed by atoms with Gasteiger partial charge in [0.25, 0.3) is 0 Å². The van der Waals surface area contributed by atoms with Crippen molar-refractivity contribution in [3.05, 3.63) is 29.8 Å². The molecular formula is C19H30N2O2. The van der Waals surface area contributed by atoms with Crippen LogP contribution in [0.15, 0.2) is 24.3 Å². The molecule has 2 rings (SSSR count). The van der Waals surface area contributed by atoms with Crippen LogP contribution in [0.4, 0.5) is 0 Å². The molecule has 1 saturated heterocycles. The van der Waals surface area contributed by atoms with E-state index in [9.17, 15) is 4.79 Å². The maximum absolute atomic E-state index is 12.9. The molecule has 0 radical (unpaired) electrons. The summed E-state index contributed by atoms with van der Waals surface area (Å²) >= 11 is 0. The van der Waals surface area contributed by atoms with E-state index in [0.29, 0.717) is 12.5 Å². The average Bonchev–Trinajstić information content (AvgIpc) is 2.53. The summed E-state index contributed by atoms with van der Waals surface area (Å²) < 4.78 is 5.71. The zero-order chi connectivity index (χ0) is 17.0. The third kappa shape index (κ3) is 4.47. The van der Waals surface area contributed by atoms with Crippen LogP contribution in [0.1, 0.15) is 46.1 Å². The molecule has 2 N–H and O–H groups in total. The van der Waals surface area contributed by atoms with E-state index < -0.39 is 5.41 Å². The van der Waals surface area contributed by atoms with Gasteiger partial charge in [-0.05, 0) is 50.3 Å². The molecule has 4 nitrogen and oxygen atoms in total. The van der Waals surface area contributed by atoms with Crippen LogP contribution in [0, 0.1) is 5.92 Å². The first-order chi connectivity index (χ1) is 10.8. The number of likely N-dealkylation sites (tertiary alicyclic amines) is 1. The first-order valence-electron chi connectivity index (χ1n) is 8.59. The Bertz CT molecular complexity index is 515. The maximum Gasteiger partial charge on any atom is 0.232 e. The summed E-state index contributed by atoms with van der Waals surface area (Å²) in [6, 6.07) is 8.16. The Morgan fingerprint density at radius 2 is 1.83 bits per heavy atom. The molecule has 4 heteroatoms. The van der Waals surface area contributed by atoms with Crippen molar-refractivity contribution in [3.8, 4) is 5.75 Å². The molecule has 0 bridgehead atoms. The predicted octanol–water partition coefficient (Wildman–Crippen LogP) is 2.95. The fourth-order valence-corrected chi connectivity index (χ4v) is 2.85. The highest BCUT2D eigenvalue weighted by molar-refractivity contribution is 5.87. The minimum absolute atomic E-state index is 0.181. The summed E-state index contributed by atoms with van der Waals surface area (Å²) in [5.41, 5.74) is 6.42. The van der Waals surface area contributed by atoms with Crippen molar-refractivity contribution in [1.29, 1.82) is 0 Å². The van der Waals surface area contributed by atoms with Crippen LogP contribution in [0.2, 0.25) is 0 Å². The molecule has 128 valence electrons. The van der Waals surface area contributed by atoms with Crippen molar-refractivity contribution in [2.75, 3.05) is 19.7 Å². The lowest BCUT2D eigenvalue weighted by Crippen LogP contribution is -2.49. The molecule has 1 aliphatic rings. The molecule has 1 heterocycles. The van der Waals surface area contributed by atoms with Gasteiger partial charge in [-0.25, -0.2) is 0 Å². The molecule has 0 aliphatic carbocycles. The first kappa shape index (κ1) is 17.8. The second-order valence-corrected chi connectivity index (χ2v) is 7.48. The molecule has 23 heavy (non-hydrogen) atoms. The fourth-order valence-electron chi connectivity index (χ4n) is 2.85. The quantitative estimate of drug-likeness (QED) is 0.908. The van der Waals surface area contributed by atoms with Gasteiger partial charge in [0.05, 0.1) is 12.0 Å². The van der Waals surface area contributed by atoms with E-state index in [1.807, 2.05) is 43.0 Å². The Hall–Kier alpha value is -1.55. The Morgan fingerprint density at radius 1 is 1.26 bits per heavy atom. The molecule has 1 fully saturated rings. The van der Waals surface area contributed by atoms with Crippen LogP contribution in [0.3, 0.4) is 0 Å². The zero-order valence-corrected chi connectivity index (χ0v) is 14.8. The highest BCUT2D eigenvalue weighted by Gasteiger charge is 2.35. The lowest BCUT2D eigenvalue weighted by atomic mass is 9.82. The van der Waals surface area contributed by atoms with Crippen LogP contribution < -0.4 is 10.5 Å². The van der Waals surface area contributed by atoms with Crippen LogP contribution in [-0.4, -0.2) is 36.5 Å². The minimum atomic E-state index is -0.530. The van der Waals surface area contributed by atoms with Crippen LogP contribution >= 0.6 is 0 Å². The fraction of sp³-hybridized carbons (Fsp3) is 0.632. The van der Waals surface area contributed by atoms with Gasteiger partial charge in [-0.15, -0.1) is 0 Å². The molecule has 1 amide bonds. The molecule has 0 spiro atoms. The Balaban J connectivity index is 2.04. The highest BCUT2D eigenvalue weighted by Crippen LogP contribution is 2.28. The zero-order valence-electron chi connectivity index (χ0n) is 14.8. The lowest BCUT2D eigenvalue weighted by Gasteiger charge is -2.36. The van der Waals surface area contributed by atoms with E-state index in [1.54, 1.807) is 0 Å². The largest absolute Gasteiger partial charge is 0.493 e. The van der Waals surface area contributed by atoms with Crippen molar-refractivity contribution >= 4 is 5.91 Å². The number of rotatable bonds is 5. The smallest absolute Gasteiger partial charge is 0.232 e. The number of amides is 1. The SMILES string of the molecule is CC(C)COc1ccc(C(C)(C)C(=O)N2CCC(N)CC2)cc1. The van der Waals surface area contributed by atoms with E-state index >= 15 is 0 Å². The van der Waals surface area contributed by atoms with Gasteiger partial charge in [0.15, 0.2) is 0 Å².